The second-order valence-corrected chi connectivity index (χ2v) is 4.60. The molecular formula is C16H20O. The van der Waals surface area contributed by atoms with Crippen LogP contribution in [0.3, 0.4) is 0 Å². The van der Waals surface area contributed by atoms with Gasteiger partial charge in [-0.1, -0.05) is 56.5 Å². The number of fused-ring (bicyclic) bond motifs is 1. The largest absolute Gasteiger partial charge is 0.507 e. The number of unbranched alkanes of at least 4 members (excludes halogenated alkanes) is 3. The van der Waals surface area contributed by atoms with Gasteiger partial charge in [0.25, 0.3) is 0 Å². The molecule has 0 saturated carbocycles. The minimum atomic E-state index is 0.387. The van der Waals surface area contributed by atoms with Crippen molar-refractivity contribution in [2.75, 3.05) is 0 Å². The van der Waals surface area contributed by atoms with Gasteiger partial charge in [-0.05, 0) is 29.9 Å². The van der Waals surface area contributed by atoms with Crippen molar-refractivity contribution in [3.8, 4) is 5.75 Å². The van der Waals surface area contributed by atoms with Gasteiger partial charge >= 0.3 is 0 Å². The molecule has 2 aromatic rings. The van der Waals surface area contributed by atoms with Crippen LogP contribution in [0.4, 0.5) is 0 Å². The van der Waals surface area contributed by atoms with Gasteiger partial charge in [0.05, 0.1) is 0 Å². The summed E-state index contributed by atoms with van der Waals surface area (Å²) in [4.78, 5) is 0. The SMILES string of the molecule is CCCCCCc1cccc2c(O)cccc12. The molecular weight excluding hydrogens is 208 g/mol. The predicted molar refractivity (Wildman–Crippen MR) is 73.5 cm³/mol. The summed E-state index contributed by atoms with van der Waals surface area (Å²) in [5.74, 6) is 0.387. The van der Waals surface area contributed by atoms with Crippen LogP contribution in [0.1, 0.15) is 38.2 Å². The number of hydrogen-bond acceptors (Lipinski definition) is 1. The Morgan fingerprint density at radius 3 is 2.47 bits per heavy atom. The summed E-state index contributed by atoms with van der Waals surface area (Å²) >= 11 is 0. The van der Waals surface area contributed by atoms with Gasteiger partial charge in [0.1, 0.15) is 5.75 Å². The van der Waals surface area contributed by atoms with E-state index in [1.165, 1.54) is 36.6 Å². The lowest BCUT2D eigenvalue weighted by atomic mass is 9.99. The Hall–Kier alpha value is -1.50. The van der Waals surface area contributed by atoms with Crippen LogP contribution in [0.25, 0.3) is 10.8 Å². The topological polar surface area (TPSA) is 20.2 Å². The van der Waals surface area contributed by atoms with E-state index in [0.717, 1.165) is 11.8 Å². The summed E-state index contributed by atoms with van der Waals surface area (Å²) in [5.41, 5.74) is 1.36. The Kier molecular flexibility index (Phi) is 4.03. The van der Waals surface area contributed by atoms with Gasteiger partial charge in [0.15, 0.2) is 0 Å². The van der Waals surface area contributed by atoms with E-state index in [0.29, 0.717) is 5.75 Å². The molecule has 0 saturated heterocycles. The highest BCUT2D eigenvalue weighted by molar-refractivity contribution is 5.90. The summed E-state index contributed by atoms with van der Waals surface area (Å²) in [5, 5.41) is 12.0. The molecule has 1 N–H and O–H groups in total. The molecule has 17 heavy (non-hydrogen) atoms. The maximum atomic E-state index is 9.81. The number of aromatic hydroxyl groups is 1. The third kappa shape index (κ3) is 2.79. The Morgan fingerprint density at radius 2 is 1.65 bits per heavy atom. The standard InChI is InChI=1S/C16H20O/c1-2-3-4-5-8-13-9-6-11-15-14(13)10-7-12-16(15)17/h6-7,9-12,17H,2-5,8H2,1H3. The quantitative estimate of drug-likeness (QED) is 0.737. The monoisotopic (exact) mass is 228 g/mol. The van der Waals surface area contributed by atoms with E-state index < -0.39 is 0 Å². The fourth-order valence-corrected chi connectivity index (χ4v) is 2.32. The summed E-state index contributed by atoms with van der Waals surface area (Å²) in [7, 11) is 0. The van der Waals surface area contributed by atoms with Crippen LogP contribution in [0, 0.1) is 0 Å². The number of rotatable bonds is 5. The van der Waals surface area contributed by atoms with Crippen LogP contribution in [0.15, 0.2) is 36.4 Å². The molecule has 1 heteroatoms. The van der Waals surface area contributed by atoms with E-state index in [1.807, 2.05) is 18.2 Å². The highest BCUT2D eigenvalue weighted by atomic mass is 16.3. The van der Waals surface area contributed by atoms with Crippen molar-refractivity contribution in [3.63, 3.8) is 0 Å². The first-order valence-electron chi connectivity index (χ1n) is 6.52. The van der Waals surface area contributed by atoms with Gasteiger partial charge < -0.3 is 5.11 Å². The fourth-order valence-electron chi connectivity index (χ4n) is 2.32. The number of aryl methyl sites for hydroxylation is 1. The van der Waals surface area contributed by atoms with E-state index in [-0.39, 0.29) is 0 Å². The van der Waals surface area contributed by atoms with E-state index >= 15 is 0 Å². The molecule has 0 unspecified atom stereocenters. The lowest BCUT2D eigenvalue weighted by Gasteiger charge is -2.07. The van der Waals surface area contributed by atoms with Gasteiger partial charge in [0.2, 0.25) is 0 Å². The molecule has 90 valence electrons. The van der Waals surface area contributed by atoms with Crippen molar-refractivity contribution < 1.29 is 5.11 Å². The lowest BCUT2D eigenvalue weighted by Crippen LogP contribution is -1.88. The predicted octanol–water partition coefficient (Wildman–Crippen LogP) is 4.67. The van der Waals surface area contributed by atoms with Crippen molar-refractivity contribution in [2.45, 2.75) is 39.0 Å². The zero-order valence-corrected chi connectivity index (χ0v) is 10.4. The first kappa shape index (κ1) is 12.0. The molecule has 0 spiro atoms. The lowest BCUT2D eigenvalue weighted by molar-refractivity contribution is 0.481. The number of phenolic OH excluding ortho intramolecular Hbond substituents is 1. The van der Waals surface area contributed by atoms with Gasteiger partial charge in [-0.15, -0.1) is 0 Å². The molecule has 1 nitrogen and oxygen atoms in total. The van der Waals surface area contributed by atoms with Crippen molar-refractivity contribution in [1.82, 2.24) is 0 Å². The Balaban J connectivity index is 2.19. The highest BCUT2D eigenvalue weighted by Gasteiger charge is 2.03. The zero-order valence-electron chi connectivity index (χ0n) is 10.4. The zero-order chi connectivity index (χ0) is 12.1. The normalized spacial score (nSPS) is 10.9. The van der Waals surface area contributed by atoms with Crippen molar-refractivity contribution in [2.24, 2.45) is 0 Å². The van der Waals surface area contributed by atoms with Crippen molar-refractivity contribution >= 4 is 10.8 Å². The molecule has 0 aromatic heterocycles. The number of phenols is 1. The number of benzene rings is 2. The van der Waals surface area contributed by atoms with E-state index in [2.05, 4.69) is 19.1 Å². The second kappa shape index (κ2) is 5.72. The van der Waals surface area contributed by atoms with Gasteiger partial charge in [-0.2, -0.15) is 0 Å². The van der Waals surface area contributed by atoms with Gasteiger partial charge in [0, 0.05) is 5.39 Å². The molecule has 0 aliphatic rings. The second-order valence-electron chi connectivity index (χ2n) is 4.60. The first-order chi connectivity index (χ1) is 8.33. The molecule has 0 heterocycles. The molecule has 0 fully saturated rings. The van der Waals surface area contributed by atoms with E-state index in [4.69, 9.17) is 0 Å². The average molecular weight is 228 g/mol. The fraction of sp³-hybridized carbons (Fsp3) is 0.375. The highest BCUT2D eigenvalue weighted by Crippen LogP contribution is 2.27. The molecule has 0 radical (unpaired) electrons. The van der Waals surface area contributed by atoms with Crippen LogP contribution >= 0.6 is 0 Å². The minimum Gasteiger partial charge on any atom is -0.507 e. The van der Waals surface area contributed by atoms with Gasteiger partial charge in [-0.3, -0.25) is 0 Å². The summed E-state index contributed by atoms with van der Waals surface area (Å²) in [6.07, 6.45) is 6.24. The molecule has 2 aromatic carbocycles. The third-order valence-corrected chi connectivity index (χ3v) is 3.29. The molecule has 2 rings (SSSR count). The van der Waals surface area contributed by atoms with Crippen molar-refractivity contribution in [1.29, 1.82) is 0 Å². The molecule has 0 amide bonds. The minimum absolute atomic E-state index is 0.387. The van der Waals surface area contributed by atoms with E-state index in [1.54, 1.807) is 6.07 Å². The average Bonchev–Trinajstić information content (AvgIpc) is 2.36. The first-order valence-corrected chi connectivity index (χ1v) is 6.52. The summed E-state index contributed by atoms with van der Waals surface area (Å²) in [6, 6.07) is 12.0. The molecule has 0 aliphatic carbocycles. The smallest absolute Gasteiger partial charge is 0.123 e. The van der Waals surface area contributed by atoms with Crippen LogP contribution in [0.2, 0.25) is 0 Å². The molecule has 0 atom stereocenters. The Bertz CT molecular complexity index is 488. The van der Waals surface area contributed by atoms with Gasteiger partial charge in [-0.25, -0.2) is 0 Å². The third-order valence-electron chi connectivity index (χ3n) is 3.29. The van der Waals surface area contributed by atoms with Crippen LogP contribution in [0.5, 0.6) is 5.75 Å². The van der Waals surface area contributed by atoms with Crippen LogP contribution in [-0.2, 0) is 6.42 Å². The van der Waals surface area contributed by atoms with Crippen molar-refractivity contribution in [3.05, 3.63) is 42.0 Å². The Labute approximate surface area is 103 Å². The Morgan fingerprint density at radius 1 is 0.882 bits per heavy atom. The molecule has 0 bridgehead atoms. The maximum absolute atomic E-state index is 9.81. The number of hydrogen-bond donors (Lipinski definition) is 1. The maximum Gasteiger partial charge on any atom is 0.123 e. The molecule has 0 aliphatic heterocycles. The summed E-state index contributed by atoms with van der Waals surface area (Å²) in [6.45, 7) is 2.23. The van der Waals surface area contributed by atoms with Crippen LogP contribution in [-0.4, -0.2) is 5.11 Å². The summed E-state index contributed by atoms with van der Waals surface area (Å²) < 4.78 is 0. The van der Waals surface area contributed by atoms with Crippen LogP contribution < -0.4 is 0 Å². The van der Waals surface area contributed by atoms with E-state index in [9.17, 15) is 5.11 Å².